The molecule has 0 radical (unpaired) electrons. The van der Waals surface area contributed by atoms with Gasteiger partial charge >= 0.3 is 5.97 Å². The summed E-state index contributed by atoms with van der Waals surface area (Å²) in [4.78, 5) is 10.4. The van der Waals surface area contributed by atoms with Gasteiger partial charge in [-0.1, -0.05) is 5.21 Å². The lowest BCUT2D eigenvalue weighted by Crippen LogP contribution is -2.09. The molecule has 19 heavy (non-hydrogen) atoms. The van der Waals surface area contributed by atoms with E-state index in [1.807, 2.05) is 6.20 Å². The molecule has 1 heterocycles. The van der Waals surface area contributed by atoms with E-state index in [0.29, 0.717) is 32.8 Å². The second-order valence-electron chi connectivity index (χ2n) is 4.18. The van der Waals surface area contributed by atoms with Gasteiger partial charge in [0.15, 0.2) is 0 Å². The molecule has 0 saturated carbocycles. The van der Waals surface area contributed by atoms with Crippen LogP contribution in [-0.2, 0) is 27.2 Å². The van der Waals surface area contributed by atoms with Crippen LogP contribution in [0.3, 0.4) is 0 Å². The fourth-order valence-electron chi connectivity index (χ4n) is 1.55. The van der Waals surface area contributed by atoms with Gasteiger partial charge < -0.3 is 14.6 Å². The summed E-state index contributed by atoms with van der Waals surface area (Å²) in [7, 11) is 1.64. The van der Waals surface area contributed by atoms with E-state index < -0.39 is 5.97 Å². The van der Waals surface area contributed by atoms with Crippen molar-refractivity contribution < 1.29 is 19.4 Å². The minimum absolute atomic E-state index is 0.210. The zero-order valence-corrected chi connectivity index (χ0v) is 11.2. The first-order chi connectivity index (χ1) is 9.22. The SMILES string of the molecule is COCCOCCn1cc(CCCCC(=O)O)nn1. The number of aromatic nitrogens is 3. The lowest BCUT2D eigenvalue weighted by Gasteiger charge is -2.02. The summed E-state index contributed by atoms with van der Waals surface area (Å²) >= 11 is 0. The topological polar surface area (TPSA) is 86.5 Å². The molecule has 1 aromatic heterocycles. The quantitative estimate of drug-likeness (QED) is 0.597. The fourth-order valence-corrected chi connectivity index (χ4v) is 1.55. The van der Waals surface area contributed by atoms with Crippen molar-refractivity contribution in [2.24, 2.45) is 0 Å². The standard InChI is InChI=1S/C12H21N3O4/c1-18-8-9-19-7-6-15-10-11(13-14-15)4-2-3-5-12(16)17/h10H,2-9H2,1H3,(H,16,17). The average Bonchev–Trinajstić information content (AvgIpc) is 2.82. The maximum absolute atomic E-state index is 10.4. The Bertz CT molecular complexity index is 368. The van der Waals surface area contributed by atoms with Crippen LogP contribution in [0.4, 0.5) is 0 Å². The Hall–Kier alpha value is -1.47. The van der Waals surface area contributed by atoms with Gasteiger partial charge in [-0.25, -0.2) is 4.68 Å². The summed E-state index contributed by atoms with van der Waals surface area (Å²) in [6.07, 6.45) is 4.33. The van der Waals surface area contributed by atoms with Crippen LogP contribution in [0.2, 0.25) is 0 Å². The molecular formula is C12H21N3O4. The van der Waals surface area contributed by atoms with Gasteiger partial charge in [-0.05, 0) is 19.3 Å². The van der Waals surface area contributed by atoms with E-state index in [4.69, 9.17) is 14.6 Å². The zero-order valence-electron chi connectivity index (χ0n) is 11.2. The lowest BCUT2D eigenvalue weighted by atomic mass is 10.1. The fraction of sp³-hybridized carbons (Fsp3) is 0.750. The Kier molecular flexibility index (Phi) is 7.76. The number of aryl methyl sites for hydroxylation is 1. The molecule has 1 N–H and O–H groups in total. The normalized spacial score (nSPS) is 10.8. The van der Waals surface area contributed by atoms with E-state index in [1.54, 1.807) is 11.8 Å². The molecule has 1 aromatic rings. The highest BCUT2D eigenvalue weighted by molar-refractivity contribution is 5.66. The van der Waals surface area contributed by atoms with Crippen molar-refractivity contribution >= 4 is 5.97 Å². The number of unbranched alkanes of at least 4 members (excludes halogenated alkanes) is 1. The van der Waals surface area contributed by atoms with Crippen molar-refractivity contribution in [1.82, 2.24) is 15.0 Å². The van der Waals surface area contributed by atoms with E-state index in [-0.39, 0.29) is 6.42 Å². The molecule has 108 valence electrons. The lowest BCUT2D eigenvalue weighted by molar-refractivity contribution is -0.137. The van der Waals surface area contributed by atoms with Gasteiger partial charge in [0, 0.05) is 19.7 Å². The number of aliphatic carboxylic acids is 1. The maximum Gasteiger partial charge on any atom is 0.303 e. The molecule has 0 fully saturated rings. The molecule has 0 amide bonds. The Morgan fingerprint density at radius 1 is 1.37 bits per heavy atom. The van der Waals surface area contributed by atoms with Crippen LogP contribution in [0.5, 0.6) is 0 Å². The number of ether oxygens (including phenoxy) is 2. The summed E-state index contributed by atoms with van der Waals surface area (Å²) < 4.78 is 11.9. The third-order valence-corrected chi connectivity index (χ3v) is 2.56. The van der Waals surface area contributed by atoms with Crippen molar-refractivity contribution in [3.05, 3.63) is 11.9 Å². The Labute approximate surface area is 112 Å². The summed E-state index contributed by atoms with van der Waals surface area (Å²) in [5.74, 6) is -0.753. The molecule has 0 saturated heterocycles. The van der Waals surface area contributed by atoms with Crippen molar-refractivity contribution in [2.75, 3.05) is 26.9 Å². The zero-order chi connectivity index (χ0) is 13.9. The molecule has 0 bridgehead atoms. The van der Waals surface area contributed by atoms with Crippen LogP contribution in [0.15, 0.2) is 6.20 Å². The van der Waals surface area contributed by atoms with Gasteiger partial charge in [0.1, 0.15) is 0 Å². The van der Waals surface area contributed by atoms with Gasteiger partial charge in [-0.2, -0.15) is 0 Å². The van der Waals surface area contributed by atoms with E-state index in [9.17, 15) is 4.79 Å². The smallest absolute Gasteiger partial charge is 0.303 e. The molecule has 0 aliphatic rings. The highest BCUT2D eigenvalue weighted by atomic mass is 16.5. The minimum atomic E-state index is -0.753. The first-order valence-electron chi connectivity index (χ1n) is 6.40. The highest BCUT2D eigenvalue weighted by Crippen LogP contribution is 2.03. The van der Waals surface area contributed by atoms with Crippen molar-refractivity contribution in [3.8, 4) is 0 Å². The van der Waals surface area contributed by atoms with Crippen LogP contribution in [0, 0.1) is 0 Å². The monoisotopic (exact) mass is 271 g/mol. The van der Waals surface area contributed by atoms with Gasteiger partial charge in [0.25, 0.3) is 0 Å². The average molecular weight is 271 g/mol. The van der Waals surface area contributed by atoms with Gasteiger partial charge in [-0.15, -0.1) is 5.10 Å². The minimum Gasteiger partial charge on any atom is -0.481 e. The van der Waals surface area contributed by atoms with Crippen LogP contribution >= 0.6 is 0 Å². The maximum atomic E-state index is 10.4. The summed E-state index contributed by atoms with van der Waals surface area (Å²) in [6, 6.07) is 0. The molecule has 7 heteroatoms. The Morgan fingerprint density at radius 3 is 2.95 bits per heavy atom. The number of rotatable bonds is 11. The molecule has 0 aliphatic heterocycles. The summed E-state index contributed by atoms with van der Waals surface area (Å²) in [6.45, 7) is 2.40. The number of carboxylic acids is 1. The summed E-state index contributed by atoms with van der Waals surface area (Å²) in [5, 5.41) is 16.5. The van der Waals surface area contributed by atoms with E-state index in [1.165, 1.54) is 0 Å². The van der Waals surface area contributed by atoms with E-state index in [2.05, 4.69) is 10.3 Å². The molecule has 0 aromatic carbocycles. The molecule has 1 rings (SSSR count). The number of hydrogen-bond donors (Lipinski definition) is 1. The number of methoxy groups -OCH3 is 1. The van der Waals surface area contributed by atoms with Crippen LogP contribution < -0.4 is 0 Å². The number of hydrogen-bond acceptors (Lipinski definition) is 5. The summed E-state index contributed by atoms with van der Waals surface area (Å²) in [5.41, 5.74) is 0.891. The molecule has 0 atom stereocenters. The molecular weight excluding hydrogens is 250 g/mol. The van der Waals surface area contributed by atoms with Crippen LogP contribution in [0.1, 0.15) is 25.0 Å². The third-order valence-electron chi connectivity index (χ3n) is 2.56. The first-order valence-corrected chi connectivity index (χ1v) is 6.40. The third kappa shape index (κ3) is 7.53. The first kappa shape index (κ1) is 15.6. The number of carboxylic acid groups (broad SMARTS) is 1. The van der Waals surface area contributed by atoms with Crippen LogP contribution in [0.25, 0.3) is 0 Å². The molecule has 7 nitrogen and oxygen atoms in total. The second-order valence-corrected chi connectivity index (χ2v) is 4.18. The van der Waals surface area contributed by atoms with E-state index >= 15 is 0 Å². The van der Waals surface area contributed by atoms with Gasteiger partial charge in [0.2, 0.25) is 0 Å². The van der Waals surface area contributed by atoms with Gasteiger partial charge in [0.05, 0.1) is 32.1 Å². The Balaban J connectivity index is 2.12. The predicted molar refractivity (Wildman–Crippen MR) is 67.9 cm³/mol. The highest BCUT2D eigenvalue weighted by Gasteiger charge is 2.02. The van der Waals surface area contributed by atoms with Crippen LogP contribution in [-0.4, -0.2) is 53.0 Å². The number of carbonyl (C=O) groups is 1. The van der Waals surface area contributed by atoms with Crippen molar-refractivity contribution in [1.29, 1.82) is 0 Å². The van der Waals surface area contributed by atoms with Crippen molar-refractivity contribution in [2.45, 2.75) is 32.2 Å². The predicted octanol–water partition coefficient (Wildman–Crippen LogP) is 0.738. The Morgan fingerprint density at radius 2 is 2.21 bits per heavy atom. The molecule has 0 unspecified atom stereocenters. The molecule has 0 aliphatic carbocycles. The van der Waals surface area contributed by atoms with Crippen molar-refractivity contribution in [3.63, 3.8) is 0 Å². The number of nitrogens with zero attached hydrogens (tertiary/aromatic N) is 3. The largest absolute Gasteiger partial charge is 0.481 e. The second kappa shape index (κ2) is 9.46. The van der Waals surface area contributed by atoms with E-state index in [0.717, 1.165) is 18.5 Å². The van der Waals surface area contributed by atoms with Gasteiger partial charge in [-0.3, -0.25) is 4.79 Å². The molecule has 0 spiro atoms.